The minimum Gasteiger partial charge on any atom is -0.478 e. The molecule has 0 spiro atoms. The topological polar surface area (TPSA) is 46.5 Å². The van der Waals surface area contributed by atoms with Crippen LogP contribution < -0.4 is 4.74 Å². The zero-order chi connectivity index (χ0) is 13.8. The fourth-order valence-corrected chi connectivity index (χ4v) is 1.35. The monoisotopic (exact) mass is 260 g/mol. The summed E-state index contributed by atoms with van der Waals surface area (Å²) in [6.07, 6.45) is -2.34. The summed E-state index contributed by atoms with van der Waals surface area (Å²) in [7, 11) is 0. The molecule has 0 aliphatic heterocycles. The second-order valence-electron chi connectivity index (χ2n) is 3.44. The Morgan fingerprint density at radius 3 is 2.61 bits per heavy atom. The Bertz CT molecular complexity index is 464. The maximum atomic E-state index is 12.2. The number of aliphatic carboxylic acids is 1. The highest BCUT2D eigenvalue weighted by atomic mass is 19.4. The Kier molecular flexibility index (Phi) is 4.36. The number of halogens is 3. The van der Waals surface area contributed by atoms with Crippen LogP contribution in [-0.4, -0.2) is 17.4 Å². The third kappa shape index (κ3) is 4.48. The van der Waals surface area contributed by atoms with Crippen LogP contribution in [0.2, 0.25) is 0 Å². The van der Waals surface area contributed by atoms with Gasteiger partial charge in [0.25, 0.3) is 0 Å². The van der Waals surface area contributed by atoms with E-state index in [0.717, 1.165) is 12.1 Å². The van der Waals surface area contributed by atoms with E-state index in [4.69, 9.17) is 5.11 Å². The summed E-state index contributed by atoms with van der Waals surface area (Å²) in [4.78, 5) is 10.3. The van der Waals surface area contributed by atoms with E-state index in [0.29, 0.717) is 17.5 Å². The molecule has 0 aliphatic carbocycles. The average molecular weight is 260 g/mol. The highest BCUT2D eigenvalue weighted by Gasteiger charge is 2.31. The van der Waals surface area contributed by atoms with E-state index < -0.39 is 12.3 Å². The number of carboxylic acids is 1. The molecule has 0 aromatic heterocycles. The maximum absolute atomic E-state index is 12.2. The zero-order valence-corrected chi connectivity index (χ0v) is 9.49. The highest BCUT2D eigenvalue weighted by Crippen LogP contribution is 2.28. The number of hydrogen-bond acceptors (Lipinski definition) is 2. The first-order chi connectivity index (χ1) is 8.31. The number of carbonyl (C=O) groups is 1. The van der Waals surface area contributed by atoms with Crippen molar-refractivity contribution in [2.24, 2.45) is 0 Å². The number of hydrogen-bond donors (Lipinski definition) is 1. The SMILES string of the molecule is CCc1ccc(/C=C/C(=O)O)cc1OC(F)(F)F. The molecule has 0 radical (unpaired) electrons. The summed E-state index contributed by atoms with van der Waals surface area (Å²) in [6, 6.07) is 4.16. The molecule has 1 aromatic rings. The van der Waals surface area contributed by atoms with E-state index in [-0.39, 0.29) is 5.75 Å². The maximum Gasteiger partial charge on any atom is 0.573 e. The Labute approximate surface area is 101 Å². The Balaban J connectivity index is 3.05. The molecule has 1 aromatic carbocycles. The van der Waals surface area contributed by atoms with Gasteiger partial charge in [0.2, 0.25) is 0 Å². The Hall–Kier alpha value is -1.98. The molecule has 0 bridgehead atoms. The smallest absolute Gasteiger partial charge is 0.478 e. The van der Waals surface area contributed by atoms with E-state index >= 15 is 0 Å². The van der Waals surface area contributed by atoms with Crippen LogP contribution in [0.15, 0.2) is 24.3 Å². The van der Waals surface area contributed by atoms with Gasteiger partial charge in [-0.3, -0.25) is 0 Å². The van der Waals surface area contributed by atoms with E-state index in [1.54, 1.807) is 6.92 Å². The normalized spacial score (nSPS) is 11.8. The molecule has 0 unspecified atom stereocenters. The third-order valence-electron chi connectivity index (χ3n) is 2.12. The summed E-state index contributed by atoms with van der Waals surface area (Å²) >= 11 is 0. The molecule has 1 rings (SSSR count). The lowest BCUT2D eigenvalue weighted by Crippen LogP contribution is -2.18. The highest BCUT2D eigenvalue weighted by molar-refractivity contribution is 5.85. The fraction of sp³-hybridized carbons (Fsp3) is 0.250. The zero-order valence-electron chi connectivity index (χ0n) is 9.49. The van der Waals surface area contributed by atoms with Crippen LogP contribution in [0.5, 0.6) is 5.75 Å². The van der Waals surface area contributed by atoms with Gasteiger partial charge in [-0.1, -0.05) is 19.1 Å². The van der Waals surface area contributed by atoms with Crippen molar-refractivity contribution in [2.75, 3.05) is 0 Å². The van der Waals surface area contributed by atoms with E-state index in [2.05, 4.69) is 4.74 Å². The van der Waals surface area contributed by atoms with Crippen molar-refractivity contribution >= 4 is 12.0 Å². The molecular weight excluding hydrogens is 249 g/mol. The van der Waals surface area contributed by atoms with E-state index in [9.17, 15) is 18.0 Å². The lowest BCUT2D eigenvalue weighted by molar-refractivity contribution is -0.274. The minimum absolute atomic E-state index is 0.308. The summed E-state index contributed by atoms with van der Waals surface area (Å²) in [5.41, 5.74) is 0.730. The van der Waals surface area contributed by atoms with Gasteiger partial charge in [0.05, 0.1) is 0 Å². The standard InChI is InChI=1S/C12H11F3O3/c1-2-9-5-3-8(4-6-11(16)17)7-10(9)18-12(13,14)15/h3-7H,2H2,1H3,(H,16,17)/b6-4+. The largest absolute Gasteiger partial charge is 0.573 e. The average Bonchev–Trinajstić information content (AvgIpc) is 2.24. The number of aryl methyl sites for hydroxylation is 1. The number of alkyl halides is 3. The van der Waals surface area contributed by atoms with Crippen molar-refractivity contribution < 1.29 is 27.8 Å². The van der Waals surface area contributed by atoms with Gasteiger partial charge in [-0.25, -0.2) is 4.79 Å². The second kappa shape index (κ2) is 5.57. The van der Waals surface area contributed by atoms with Crippen molar-refractivity contribution in [1.29, 1.82) is 0 Å². The molecule has 1 N–H and O–H groups in total. The van der Waals surface area contributed by atoms with Gasteiger partial charge in [-0.2, -0.15) is 0 Å². The predicted octanol–water partition coefficient (Wildman–Crippen LogP) is 3.25. The first kappa shape index (κ1) is 14.1. The lowest BCUT2D eigenvalue weighted by Gasteiger charge is -2.13. The quantitative estimate of drug-likeness (QED) is 0.845. The molecule has 98 valence electrons. The molecular formula is C12H11F3O3. The molecule has 0 atom stereocenters. The Morgan fingerprint density at radius 1 is 1.44 bits per heavy atom. The molecule has 0 fully saturated rings. The van der Waals surface area contributed by atoms with Crippen LogP contribution in [0.4, 0.5) is 13.2 Å². The molecule has 6 heteroatoms. The van der Waals surface area contributed by atoms with Gasteiger partial charge in [-0.15, -0.1) is 13.2 Å². The molecule has 0 saturated heterocycles. The minimum atomic E-state index is -4.76. The van der Waals surface area contributed by atoms with Crippen LogP contribution in [0, 0.1) is 0 Å². The van der Waals surface area contributed by atoms with Crippen molar-refractivity contribution in [3.63, 3.8) is 0 Å². The third-order valence-corrected chi connectivity index (χ3v) is 2.12. The summed E-state index contributed by atoms with van der Waals surface area (Å²) in [6.45, 7) is 1.70. The first-order valence-electron chi connectivity index (χ1n) is 5.11. The molecule has 0 saturated carbocycles. The number of rotatable bonds is 4. The van der Waals surface area contributed by atoms with Crippen LogP contribution in [-0.2, 0) is 11.2 Å². The summed E-state index contributed by atoms with van der Waals surface area (Å²) in [5, 5.41) is 8.43. The number of benzene rings is 1. The summed E-state index contributed by atoms with van der Waals surface area (Å²) < 4.78 is 40.4. The van der Waals surface area contributed by atoms with Gasteiger partial charge in [0.15, 0.2) is 0 Å². The van der Waals surface area contributed by atoms with Crippen molar-refractivity contribution in [2.45, 2.75) is 19.7 Å². The van der Waals surface area contributed by atoms with Crippen molar-refractivity contribution in [1.82, 2.24) is 0 Å². The number of ether oxygens (including phenoxy) is 1. The van der Waals surface area contributed by atoms with Gasteiger partial charge in [-0.05, 0) is 29.7 Å². The van der Waals surface area contributed by atoms with E-state index in [1.165, 1.54) is 18.2 Å². The second-order valence-corrected chi connectivity index (χ2v) is 3.44. The van der Waals surface area contributed by atoms with Crippen molar-refractivity contribution in [3.8, 4) is 5.75 Å². The first-order valence-corrected chi connectivity index (χ1v) is 5.11. The van der Waals surface area contributed by atoms with E-state index in [1.807, 2.05) is 0 Å². The van der Waals surface area contributed by atoms with Gasteiger partial charge in [0.1, 0.15) is 5.75 Å². The van der Waals surface area contributed by atoms with Gasteiger partial charge in [0, 0.05) is 6.08 Å². The molecule has 3 nitrogen and oxygen atoms in total. The van der Waals surface area contributed by atoms with Crippen molar-refractivity contribution in [3.05, 3.63) is 35.4 Å². The Morgan fingerprint density at radius 2 is 2.11 bits per heavy atom. The lowest BCUT2D eigenvalue weighted by atomic mass is 10.1. The molecule has 0 heterocycles. The molecule has 0 aliphatic rings. The van der Waals surface area contributed by atoms with Crippen LogP contribution in [0.3, 0.4) is 0 Å². The van der Waals surface area contributed by atoms with Crippen LogP contribution >= 0.6 is 0 Å². The molecule has 0 amide bonds. The fourth-order valence-electron chi connectivity index (χ4n) is 1.35. The van der Waals surface area contributed by atoms with Crippen LogP contribution in [0.25, 0.3) is 6.08 Å². The van der Waals surface area contributed by atoms with Gasteiger partial charge < -0.3 is 9.84 Å². The van der Waals surface area contributed by atoms with Crippen LogP contribution in [0.1, 0.15) is 18.1 Å². The number of carboxylic acid groups (broad SMARTS) is 1. The predicted molar refractivity (Wildman–Crippen MR) is 59.2 cm³/mol. The summed E-state index contributed by atoms with van der Waals surface area (Å²) in [5.74, 6) is -1.48. The van der Waals surface area contributed by atoms with Gasteiger partial charge >= 0.3 is 12.3 Å². The molecule has 18 heavy (non-hydrogen) atoms.